The highest BCUT2D eigenvalue weighted by Crippen LogP contribution is 2.17. The second-order valence-electron chi connectivity index (χ2n) is 4.66. The number of hydrogen-bond acceptors (Lipinski definition) is 3. The van der Waals surface area contributed by atoms with Gasteiger partial charge in [-0.2, -0.15) is 0 Å². The molecule has 0 aromatic heterocycles. The highest BCUT2D eigenvalue weighted by Gasteiger charge is 2.33. The summed E-state index contributed by atoms with van der Waals surface area (Å²) in [5.74, 6) is -0.123. The zero-order chi connectivity index (χ0) is 12.6. The Morgan fingerprint density at radius 3 is 2.41 bits per heavy atom. The Bertz CT molecular complexity index is 434. The minimum Gasteiger partial charge on any atom is -0.388 e. The van der Waals surface area contributed by atoms with Gasteiger partial charge in [0.2, 0.25) is 0 Å². The monoisotopic (exact) mass is 235 g/mol. The van der Waals surface area contributed by atoms with Gasteiger partial charge in [0.25, 0.3) is 5.91 Å². The first-order chi connectivity index (χ1) is 7.99. The van der Waals surface area contributed by atoms with Crippen LogP contribution in [0.3, 0.4) is 0 Å². The largest absolute Gasteiger partial charge is 0.388 e. The standard InChI is InChI=1S/C13H17NO3/c1-8-3-4-9(2)10(5-8)13(17)14-6-11(15)12(16)7-14/h3-5,11-12,15-16H,6-7H2,1-2H3/t11-,12+. The maximum Gasteiger partial charge on any atom is 0.254 e. The summed E-state index contributed by atoms with van der Waals surface area (Å²) >= 11 is 0. The van der Waals surface area contributed by atoms with Crippen molar-refractivity contribution in [1.29, 1.82) is 0 Å². The molecule has 0 bridgehead atoms. The summed E-state index contributed by atoms with van der Waals surface area (Å²) in [5.41, 5.74) is 2.59. The number of rotatable bonds is 1. The van der Waals surface area contributed by atoms with Crippen molar-refractivity contribution in [2.24, 2.45) is 0 Å². The number of nitrogens with zero attached hydrogens (tertiary/aromatic N) is 1. The van der Waals surface area contributed by atoms with Crippen molar-refractivity contribution in [3.8, 4) is 0 Å². The molecular formula is C13H17NO3. The number of aliphatic hydroxyl groups is 2. The zero-order valence-corrected chi connectivity index (χ0v) is 10.1. The molecule has 1 aliphatic rings. The van der Waals surface area contributed by atoms with Crippen molar-refractivity contribution < 1.29 is 15.0 Å². The number of aryl methyl sites for hydroxylation is 2. The van der Waals surface area contributed by atoms with Gasteiger partial charge in [-0.25, -0.2) is 0 Å². The van der Waals surface area contributed by atoms with Crippen LogP contribution in [0.15, 0.2) is 18.2 Å². The Kier molecular flexibility index (Phi) is 3.17. The minimum atomic E-state index is -0.830. The Hall–Kier alpha value is -1.39. The topological polar surface area (TPSA) is 60.8 Å². The molecule has 4 heteroatoms. The fraction of sp³-hybridized carbons (Fsp3) is 0.462. The number of carbonyl (C=O) groups excluding carboxylic acids is 1. The number of aliphatic hydroxyl groups excluding tert-OH is 2. The van der Waals surface area contributed by atoms with Crippen molar-refractivity contribution in [2.75, 3.05) is 13.1 Å². The Labute approximate surface area is 100 Å². The highest BCUT2D eigenvalue weighted by molar-refractivity contribution is 5.96. The Balaban J connectivity index is 2.23. The molecule has 0 spiro atoms. The van der Waals surface area contributed by atoms with Crippen molar-refractivity contribution in [1.82, 2.24) is 4.90 Å². The molecule has 0 aliphatic carbocycles. The summed E-state index contributed by atoms with van der Waals surface area (Å²) < 4.78 is 0. The average molecular weight is 235 g/mol. The molecule has 92 valence electrons. The van der Waals surface area contributed by atoms with E-state index in [0.29, 0.717) is 5.56 Å². The van der Waals surface area contributed by atoms with Gasteiger partial charge < -0.3 is 15.1 Å². The minimum absolute atomic E-state index is 0.123. The van der Waals surface area contributed by atoms with E-state index in [9.17, 15) is 15.0 Å². The van der Waals surface area contributed by atoms with Gasteiger partial charge in [-0.15, -0.1) is 0 Å². The van der Waals surface area contributed by atoms with Crippen molar-refractivity contribution in [3.63, 3.8) is 0 Å². The number of carbonyl (C=O) groups is 1. The number of benzene rings is 1. The van der Waals surface area contributed by atoms with Crippen molar-refractivity contribution in [2.45, 2.75) is 26.1 Å². The van der Waals surface area contributed by atoms with Crippen LogP contribution in [0.2, 0.25) is 0 Å². The second-order valence-corrected chi connectivity index (χ2v) is 4.66. The third kappa shape index (κ3) is 2.33. The summed E-state index contributed by atoms with van der Waals surface area (Å²) in [6.07, 6.45) is -1.66. The molecule has 0 saturated carbocycles. The third-order valence-electron chi connectivity index (χ3n) is 3.17. The predicted molar refractivity (Wildman–Crippen MR) is 63.8 cm³/mol. The van der Waals surface area contributed by atoms with E-state index in [0.717, 1.165) is 11.1 Å². The molecule has 1 aromatic carbocycles. The van der Waals surface area contributed by atoms with Crippen LogP contribution >= 0.6 is 0 Å². The normalized spacial score (nSPS) is 24.1. The summed E-state index contributed by atoms with van der Waals surface area (Å²) in [6, 6.07) is 5.71. The van der Waals surface area contributed by atoms with Gasteiger partial charge in [0.1, 0.15) is 0 Å². The molecule has 0 unspecified atom stereocenters. The van der Waals surface area contributed by atoms with Crippen LogP contribution in [0.5, 0.6) is 0 Å². The fourth-order valence-corrected chi connectivity index (χ4v) is 2.07. The van der Waals surface area contributed by atoms with E-state index >= 15 is 0 Å². The van der Waals surface area contributed by atoms with E-state index in [2.05, 4.69) is 0 Å². The van der Waals surface area contributed by atoms with Gasteiger partial charge in [0.15, 0.2) is 0 Å². The van der Waals surface area contributed by atoms with E-state index in [-0.39, 0.29) is 19.0 Å². The number of hydrogen-bond donors (Lipinski definition) is 2. The predicted octanol–water partition coefficient (Wildman–Crippen LogP) is 0.481. The first-order valence-corrected chi connectivity index (χ1v) is 5.71. The lowest BCUT2D eigenvalue weighted by molar-refractivity contribution is 0.0572. The molecule has 1 amide bonds. The lowest BCUT2D eigenvalue weighted by atomic mass is 10.0. The molecule has 4 nitrogen and oxygen atoms in total. The number of β-amino-alcohol motifs (C(OH)–C–C–N with tert-alkyl or cyclic N) is 2. The van der Waals surface area contributed by atoms with Crippen molar-refractivity contribution >= 4 is 5.91 Å². The molecule has 1 fully saturated rings. The maximum atomic E-state index is 12.2. The Morgan fingerprint density at radius 1 is 1.24 bits per heavy atom. The summed E-state index contributed by atoms with van der Waals surface area (Å²) in [5, 5.41) is 18.9. The molecule has 2 atom stereocenters. The van der Waals surface area contributed by atoms with Gasteiger partial charge in [0, 0.05) is 18.7 Å². The first kappa shape index (κ1) is 12.1. The van der Waals surface area contributed by atoms with E-state index in [1.807, 2.05) is 32.0 Å². The van der Waals surface area contributed by atoms with E-state index in [4.69, 9.17) is 0 Å². The van der Waals surface area contributed by atoms with E-state index < -0.39 is 12.2 Å². The zero-order valence-electron chi connectivity index (χ0n) is 10.1. The quantitative estimate of drug-likeness (QED) is 0.744. The van der Waals surface area contributed by atoms with E-state index in [1.165, 1.54) is 4.90 Å². The first-order valence-electron chi connectivity index (χ1n) is 5.71. The van der Waals surface area contributed by atoms with Crippen LogP contribution in [-0.2, 0) is 0 Å². The Morgan fingerprint density at radius 2 is 1.82 bits per heavy atom. The van der Waals surface area contributed by atoms with Crippen LogP contribution < -0.4 is 0 Å². The molecular weight excluding hydrogens is 218 g/mol. The summed E-state index contributed by atoms with van der Waals surface area (Å²) in [7, 11) is 0. The van der Waals surface area contributed by atoms with E-state index in [1.54, 1.807) is 0 Å². The fourth-order valence-electron chi connectivity index (χ4n) is 2.07. The van der Waals surface area contributed by atoms with Crippen LogP contribution in [0.25, 0.3) is 0 Å². The highest BCUT2D eigenvalue weighted by atomic mass is 16.3. The SMILES string of the molecule is Cc1ccc(C)c(C(=O)N2C[C@@H](O)[C@@H](O)C2)c1. The molecule has 1 saturated heterocycles. The summed E-state index contributed by atoms with van der Waals surface area (Å²) in [4.78, 5) is 13.7. The smallest absolute Gasteiger partial charge is 0.254 e. The van der Waals surface area contributed by atoms with Gasteiger partial charge in [-0.3, -0.25) is 4.79 Å². The molecule has 17 heavy (non-hydrogen) atoms. The average Bonchev–Trinajstić information content (AvgIpc) is 2.62. The number of amides is 1. The van der Waals surface area contributed by atoms with Crippen LogP contribution in [0, 0.1) is 13.8 Å². The third-order valence-corrected chi connectivity index (χ3v) is 3.17. The number of likely N-dealkylation sites (tertiary alicyclic amines) is 1. The van der Waals surface area contributed by atoms with Gasteiger partial charge in [-0.1, -0.05) is 17.7 Å². The van der Waals surface area contributed by atoms with Crippen LogP contribution in [0.1, 0.15) is 21.5 Å². The van der Waals surface area contributed by atoms with Gasteiger partial charge in [0.05, 0.1) is 12.2 Å². The molecule has 2 N–H and O–H groups in total. The van der Waals surface area contributed by atoms with Crippen LogP contribution in [-0.4, -0.2) is 46.3 Å². The molecule has 1 aromatic rings. The lowest BCUT2D eigenvalue weighted by Gasteiger charge is -2.17. The van der Waals surface area contributed by atoms with Crippen molar-refractivity contribution in [3.05, 3.63) is 34.9 Å². The van der Waals surface area contributed by atoms with Crippen LogP contribution in [0.4, 0.5) is 0 Å². The summed E-state index contributed by atoms with van der Waals surface area (Å²) in [6.45, 7) is 4.22. The second kappa shape index (κ2) is 4.47. The maximum absolute atomic E-state index is 12.2. The molecule has 2 rings (SSSR count). The molecule has 1 heterocycles. The van der Waals surface area contributed by atoms with Gasteiger partial charge >= 0.3 is 0 Å². The molecule has 1 aliphatic heterocycles. The van der Waals surface area contributed by atoms with Gasteiger partial charge in [-0.05, 0) is 25.5 Å². The lowest BCUT2D eigenvalue weighted by Crippen LogP contribution is -2.30. The molecule has 0 radical (unpaired) electrons.